The second kappa shape index (κ2) is 27.7. The van der Waals surface area contributed by atoms with Gasteiger partial charge in [-0.15, -0.1) is 10.2 Å². The van der Waals surface area contributed by atoms with Crippen molar-refractivity contribution >= 4 is 0 Å². The molecular formula is C74H66N2O. The Hall–Kier alpha value is -9.44. The van der Waals surface area contributed by atoms with Crippen molar-refractivity contribution in [3.05, 3.63) is 325 Å². The summed E-state index contributed by atoms with van der Waals surface area (Å²) in [5, 5.41) is 7.70. The van der Waals surface area contributed by atoms with Crippen LogP contribution in [-0.4, -0.2) is 10.2 Å². The molecule has 0 aliphatic rings. The fourth-order valence-electron chi connectivity index (χ4n) is 8.34. The van der Waals surface area contributed by atoms with Crippen molar-refractivity contribution in [1.82, 2.24) is 10.2 Å². The van der Waals surface area contributed by atoms with Crippen LogP contribution in [0.5, 0.6) is 0 Å². The molecule has 0 aliphatic carbocycles. The minimum atomic E-state index is 0.581. The molecule has 0 saturated heterocycles. The first-order valence-corrected chi connectivity index (χ1v) is 26.2. The molecule has 77 heavy (non-hydrogen) atoms. The molecule has 378 valence electrons. The standard InChI is InChI=1S/C25H20.C19H16.C13H12.C10H10N2O.C7H8/c1-19-7-9-21(10-8-19)23-15-17-25(18-16-23)24-13-11-22(12-14-24)20-5-3-2-4-6-20;1-15-7-9-17(10-8-15)19-13-11-18(12-14-19)16-5-3-2-4-6-16;1-11-7-9-13(10-8-11)12-5-3-2-4-6-12;1-7-3-5-9(6-4-7)10-12-11-8(2)13-10;1-7-5-3-2-4-6-7/h2-18H,1H3;2-14H,1H3;2-10H,1H3;3-6H,1-2H3;2-6H,1H3. The van der Waals surface area contributed by atoms with Gasteiger partial charge in [0.25, 0.3) is 0 Å². The third-order valence-corrected chi connectivity index (χ3v) is 12.9. The van der Waals surface area contributed by atoms with Crippen molar-refractivity contribution in [2.24, 2.45) is 0 Å². The Morgan fingerprint density at radius 2 is 0.364 bits per heavy atom. The summed E-state index contributed by atoms with van der Waals surface area (Å²) in [6, 6.07) is 102. The summed E-state index contributed by atoms with van der Waals surface area (Å²) in [4.78, 5) is 0. The normalized spacial score (nSPS) is 10.2. The highest BCUT2D eigenvalue weighted by molar-refractivity contribution is 5.74. The molecule has 1 aromatic heterocycles. The SMILES string of the molecule is Cc1ccc(-c2ccc(-c3ccc(-c4ccccc4)cc3)cc2)cc1.Cc1ccc(-c2ccc(-c3ccccc3)cc2)cc1.Cc1ccc(-c2ccccc2)cc1.Cc1ccc(-c2nnc(C)o2)cc1.Cc1ccccc1. The number of nitrogens with zero attached hydrogens (tertiary/aromatic N) is 2. The van der Waals surface area contributed by atoms with E-state index in [1.807, 2.05) is 67.6 Å². The fourth-order valence-corrected chi connectivity index (χ4v) is 8.34. The third-order valence-electron chi connectivity index (χ3n) is 12.9. The maximum absolute atomic E-state index is 5.29. The number of hydrogen-bond donors (Lipinski definition) is 0. The molecule has 0 atom stereocenters. The zero-order valence-electron chi connectivity index (χ0n) is 45.0. The van der Waals surface area contributed by atoms with Crippen molar-refractivity contribution in [2.45, 2.75) is 41.5 Å². The zero-order chi connectivity index (χ0) is 53.6. The number of aromatic nitrogens is 2. The molecule has 0 bridgehead atoms. The van der Waals surface area contributed by atoms with Gasteiger partial charge in [-0.3, -0.25) is 0 Å². The summed E-state index contributed by atoms with van der Waals surface area (Å²) >= 11 is 0. The Balaban J connectivity index is 0.000000134. The van der Waals surface area contributed by atoms with Gasteiger partial charge in [-0.1, -0.05) is 307 Å². The summed E-state index contributed by atoms with van der Waals surface area (Å²) in [6.45, 7) is 12.2. The lowest BCUT2D eigenvalue weighted by atomic mass is 9.98. The van der Waals surface area contributed by atoms with Gasteiger partial charge < -0.3 is 4.42 Å². The second-order valence-corrected chi connectivity index (χ2v) is 19.1. The molecule has 1 heterocycles. The Bertz CT molecular complexity index is 3570. The average Bonchev–Trinajstić information content (AvgIpc) is 3.94. The first kappa shape index (κ1) is 53.8. The molecule has 0 N–H and O–H groups in total. The fraction of sp³-hybridized carbons (Fsp3) is 0.0811. The van der Waals surface area contributed by atoms with E-state index in [2.05, 4.69) is 268 Å². The van der Waals surface area contributed by atoms with Crippen LogP contribution in [0.4, 0.5) is 0 Å². The summed E-state index contributed by atoms with van der Waals surface area (Å²) in [7, 11) is 0. The second-order valence-electron chi connectivity index (χ2n) is 19.1. The topological polar surface area (TPSA) is 38.9 Å². The Morgan fingerprint density at radius 3 is 0.558 bits per heavy atom. The summed E-state index contributed by atoms with van der Waals surface area (Å²) in [6.07, 6.45) is 0. The van der Waals surface area contributed by atoms with E-state index in [1.165, 1.54) is 94.6 Å². The quantitative estimate of drug-likeness (QED) is 0.160. The van der Waals surface area contributed by atoms with E-state index in [4.69, 9.17) is 4.42 Å². The minimum Gasteiger partial charge on any atom is -0.421 e. The van der Waals surface area contributed by atoms with Gasteiger partial charge in [0.15, 0.2) is 0 Å². The van der Waals surface area contributed by atoms with Gasteiger partial charge in [0.1, 0.15) is 0 Å². The summed E-state index contributed by atoms with van der Waals surface area (Å²) in [5.74, 6) is 1.17. The minimum absolute atomic E-state index is 0.581. The molecule has 3 heteroatoms. The van der Waals surface area contributed by atoms with Crippen molar-refractivity contribution in [3.63, 3.8) is 0 Å². The van der Waals surface area contributed by atoms with Crippen molar-refractivity contribution < 1.29 is 4.42 Å². The Kier molecular flexibility index (Phi) is 19.4. The largest absolute Gasteiger partial charge is 0.421 e. The predicted molar refractivity (Wildman–Crippen MR) is 327 cm³/mol. The molecular weight excluding hydrogens is 933 g/mol. The monoisotopic (exact) mass is 999 g/mol. The Labute approximate surface area is 456 Å². The van der Waals surface area contributed by atoms with Gasteiger partial charge in [0.05, 0.1) is 0 Å². The van der Waals surface area contributed by atoms with Crippen LogP contribution in [-0.2, 0) is 0 Å². The highest BCUT2D eigenvalue weighted by atomic mass is 16.4. The molecule has 12 rings (SSSR count). The first-order chi connectivity index (χ1) is 37.6. The molecule has 0 radical (unpaired) electrons. The van der Waals surface area contributed by atoms with Crippen LogP contribution in [0.2, 0.25) is 0 Å². The molecule has 0 saturated carbocycles. The predicted octanol–water partition coefficient (Wildman–Crippen LogP) is 20.3. The van der Waals surface area contributed by atoms with Gasteiger partial charge in [-0.05, 0) is 114 Å². The van der Waals surface area contributed by atoms with Crippen LogP contribution in [0, 0.1) is 41.5 Å². The van der Waals surface area contributed by atoms with Crippen LogP contribution in [0.25, 0.3) is 78.2 Å². The van der Waals surface area contributed by atoms with Gasteiger partial charge in [-0.25, -0.2) is 0 Å². The van der Waals surface area contributed by atoms with E-state index in [-0.39, 0.29) is 0 Å². The van der Waals surface area contributed by atoms with Crippen molar-refractivity contribution in [2.75, 3.05) is 0 Å². The first-order valence-electron chi connectivity index (χ1n) is 26.2. The van der Waals surface area contributed by atoms with E-state index < -0.39 is 0 Å². The molecule has 0 spiro atoms. The zero-order valence-corrected chi connectivity index (χ0v) is 45.0. The molecule has 0 fully saturated rings. The maximum Gasteiger partial charge on any atom is 0.247 e. The smallest absolute Gasteiger partial charge is 0.247 e. The summed E-state index contributed by atoms with van der Waals surface area (Å²) < 4.78 is 5.29. The highest BCUT2D eigenvalue weighted by Crippen LogP contribution is 2.29. The van der Waals surface area contributed by atoms with Crippen LogP contribution in [0.3, 0.4) is 0 Å². The Morgan fingerprint density at radius 1 is 0.182 bits per heavy atom. The van der Waals surface area contributed by atoms with E-state index in [0.29, 0.717) is 11.8 Å². The van der Waals surface area contributed by atoms with Gasteiger partial charge in [0, 0.05) is 12.5 Å². The molecule has 11 aromatic carbocycles. The van der Waals surface area contributed by atoms with Crippen LogP contribution in [0.15, 0.2) is 296 Å². The average molecular weight is 999 g/mol. The number of benzene rings is 11. The highest BCUT2D eigenvalue weighted by Gasteiger charge is 2.06. The molecule has 12 aromatic rings. The number of rotatable bonds is 7. The maximum atomic E-state index is 5.29. The van der Waals surface area contributed by atoms with Crippen LogP contribution in [0.1, 0.15) is 33.7 Å². The molecule has 0 aliphatic heterocycles. The van der Waals surface area contributed by atoms with Crippen molar-refractivity contribution in [3.8, 4) is 78.2 Å². The van der Waals surface area contributed by atoms with Gasteiger partial charge >= 0.3 is 0 Å². The van der Waals surface area contributed by atoms with E-state index in [9.17, 15) is 0 Å². The lowest BCUT2D eigenvalue weighted by Gasteiger charge is -2.07. The van der Waals surface area contributed by atoms with Crippen molar-refractivity contribution in [1.29, 1.82) is 0 Å². The van der Waals surface area contributed by atoms with Gasteiger partial charge in [0.2, 0.25) is 11.8 Å². The van der Waals surface area contributed by atoms with Crippen LogP contribution >= 0.6 is 0 Å². The lowest BCUT2D eigenvalue weighted by Crippen LogP contribution is -1.82. The van der Waals surface area contributed by atoms with E-state index >= 15 is 0 Å². The number of aryl methyl sites for hydroxylation is 6. The molecule has 0 amide bonds. The number of hydrogen-bond acceptors (Lipinski definition) is 3. The van der Waals surface area contributed by atoms with Crippen LogP contribution < -0.4 is 0 Å². The lowest BCUT2D eigenvalue weighted by molar-refractivity contribution is 0.533. The van der Waals surface area contributed by atoms with E-state index in [0.717, 1.165) is 5.56 Å². The van der Waals surface area contributed by atoms with E-state index in [1.54, 1.807) is 6.92 Å². The molecule has 0 unspecified atom stereocenters. The third kappa shape index (κ3) is 16.5. The van der Waals surface area contributed by atoms with Gasteiger partial charge in [-0.2, -0.15) is 0 Å². The molecule has 3 nitrogen and oxygen atoms in total. The summed E-state index contributed by atoms with van der Waals surface area (Å²) in [5.41, 5.74) is 22.5.